The van der Waals surface area contributed by atoms with E-state index >= 15 is 0 Å². The number of hydrogen-bond donors (Lipinski definition) is 2. The fraction of sp³-hybridized carbons (Fsp3) is 0.233. The zero-order chi connectivity index (χ0) is 25.7. The molecular weight excluding hydrogens is 466 g/mol. The van der Waals surface area contributed by atoms with Crippen molar-refractivity contribution in [3.05, 3.63) is 89.5 Å². The highest BCUT2D eigenvalue weighted by molar-refractivity contribution is 7.80. The predicted octanol–water partition coefficient (Wildman–Crippen LogP) is 7.66. The van der Waals surface area contributed by atoms with Gasteiger partial charge in [-0.2, -0.15) is 0 Å². The minimum Gasteiger partial charge on any atom is -0.436 e. The van der Waals surface area contributed by atoms with E-state index in [9.17, 15) is 4.79 Å². The van der Waals surface area contributed by atoms with Gasteiger partial charge >= 0.3 is 0 Å². The lowest BCUT2D eigenvalue weighted by Gasteiger charge is -2.09. The summed E-state index contributed by atoms with van der Waals surface area (Å²) in [6.45, 7) is 8.69. The molecule has 184 valence electrons. The summed E-state index contributed by atoms with van der Waals surface area (Å²) in [7, 11) is 0. The minimum absolute atomic E-state index is 0.215. The van der Waals surface area contributed by atoms with E-state index in [4.69, 9.17) is 21.6 Å². The number of aromatic nitrogens is 1. The average molecular weight is 498 g/mol. The molecule has 1 atom stereocenters. The number of oxazole rings is 1. The quantitative estimate of drug-likeness (QED) is 0.203. The fourth-order valence-electron chi connectivity index (χ4n) is 3.82. The number of thiocarbonyl (C=S) groups is 1. The molecule has 6 heteroatoms. The molecule has 0 saturated heterocycles. The Labute approximate surface area is 217 Å². The third-order valence-electron chi connectivity index (χ3n) is 6.23. The molecule has 3 aromatic carbocycles. The first-order valence-electron chi connectivity index (χ1n) is 12.2. The van der Waals surface area contributed by atoms with Crippen LogP contribution in [0.1, 0.15) is 62.6 Å². The number of carbonyl (C=O) groups is 1. The lowest BCUT2D eigenvalue weighted by molar-refractivity contribution is -0.115. The van der Waals surface area contributed by atoms with Crippen molar-refractivity contribution in [2.24, 2.45) is 0 Å². The van der Waals surface area contributed by atoms with Crippen LogP contribution in [0.4, 0.5) is 5.69 Å². The number of rotatable bonds is 7. The van der Waals surface area contributed by atoms with Gasteiger partial charge in [0.25, 0.3) is 0 Å². The van der Waals surface area contributed by atoms with Crippen molar-refractivity contribution in [3.63, 3.8) is 0 Å². The van der Waals surface area contributed by atoms with E-state index in [1.54, 1.807) is 6.08 Å². The van der Waals surface area contributed by atoms with E-state index in [0.717, 1.165) is 34.3 Å². The molecule has 0 aliphatic heterocycles. The van der Waals surface area contributed by atoms with E-state index in [0.29, 0.717) is 17.7 Å². The van der Waals surface area contributed by atoms with Gasteiger partial charge in [-0.15, -0.1) is 0 Å². The molecule has 0 bridgehead atoms. The number of hydrogen-bond acceptors (Lipinski definition) is 4. The molecule has 4 rings (SSSR count). The normalized spacial score (nSPS) is 12.2. The Bertz CT molecular complexity index is 1400. The number of anilines is 1. The summed E-state index contributed by atoms with van der Waals surface area (Å²) in [5.41, 5.74) is 6.61. The van der Waals surface area contributed by atoms with Crippen LogP contribution < -0.4 is 10.6 Å². The molecule has 0 aliphatic rings. The van der Waals surface area contributed by atoms with Crippen molar-refractivity contribution in [2.75, 3.05) is 5.32 Å². The summed E-state index contributed by atoms with van der Waals surface area (Å²) in [6.07, 6.45) is 4.31. The van der Waals surface area contributed by atoms with Crippen LogP contribution in [0.3, 0.4) is 0 Å². The second-order valence-electron chi connectivity index (χ2n) is 9.23. The Morgan fingerprint density at radius 2 is 1.78 bits per heavy atom. The molecule has 0 aliphatic carbocycles. The van der Waals surface area contributed by atoms with Crippen LogP contribution in [-0.2, 0) is 4.79 Å². The zero-order valence-corrected chi connectivity index (χ0v) is 21.9. The van der Waals surface area contributed by atoms with Gasteiger partial charge in [0.2, 0.25) is 11.8 Å². The number of carbonyl (C=O) groups excluding carboxylic acids is 1. The third-order valence-corrected chi connectivity index (χ3v) is 6.43. The summed E-state index contributed by atoms with van der Waals surface area (Å²) in [4.78, 5) is 17.0. The predicted molar refractivity (Wildman–Crippen MR) is 152 cm³/mol. The molecule has 0 saturated carbocycles. The van der Waals surface area contributed by atoms with Crippen LogP contribution in [-0.4, -0.2) is 16.0 Å². The van der Waals surface area contributed by atoms with Crippen molar-refractivity contribution >= 4 is 46.1 Å². The van der Waals surface area contributed by atoms with Crippen LogP contribution in [0, 0.1) is 0 Å². The number of fused-ring (bicyclic) bond motifs is 1. The topological polar surface area (TPSA) is 67.2 Å². The van der Waals surface area contributed by atoms with Gasteiger partial charge in [-0.25, -0.2) is 4.98 Å². The molecule has 4 aromatic rings. The maximum Gasteiger partial charge on any atom is 0.250 e. The van der Waals surface area contributed by atoms with Gasteiger partial charge in [-0.1, -0.05) is 64.1 Å². The highest BCUT2D eigenvalue weighted by atomic mass is 32.1. The molecule has 0 radical (unpaired) electrons. The molecule has 1 amide bonds. The van der Waals surface area contributed by atoms with Crippen molar-refractivity contribution in [3.8, 4) is 11.5 Å². The van der Waals surface area contributed by atoms with E-state index in [-0.39, 0.29) is 11.0 Å². The molecular formula is C30H31N3O2S. The van der Waals surface area contributed by atoms with Crippen LogP contribution in [0.2, 0.25) is 0 Å². The first-order valence-corrected chi connectivity index (χ1v) is 12.6. The van der Waals surface area contributed by atoms with Gasteiger partial charge in [0.1, 0.15) is 5.52 Å². The van der Waals surface area contributed by atoms with Gasteiger partial charge in [0.15, 0.2) is 10.7 Å². The third kappa shape index (κ3) is 6.26. The van der Waals surface area contributed by atoms with Crippen LogP contribution in [0.15, 0.2) is 77.2 Å². The molecule has 2 N–H and O–H groups in total. The summed E-state index contributed by atoms with van der Waals surface area (Å²) >= 11 is 5.34. The highest BCUT2D eigenvalue weighted by Gasteiger charge is 2.12. The van der Waals surface area contributed by atoms with Gasteiger partial charge < -0.3 is 9.73 Å². The lowest BCUT2D eigenvalue weighted by atomic mass is 9.98. The Morgan fingerprint density at radius 1 is 1.03 bits per heavy atom. The zero-order valence-electron chi connectivity index (χ0n) is 21.0. The Balaban J connectivity index is 1.39. The van der Waals surface area contributed by atoms with Crippen LogP contribution in [0.25, 0.3) is 28.6 Å². The van der Waals surface area contributed by atoms with Crippen molar-refractivity contribution < 1.29 is 9.21 Å². The Kier molecular flexibility index (Phi) is 7.96. The molecule has 1 aromatic heterocycles. The molecule has 1 unspecified atom stereocenters. The number of benzene rings is 3. The standard InChI is InChI=1S/C30H31N3O2S/c1-5-20(4)23-14-15-27-26(18-23)32-29(35-27)24-7-6-8-25(17-24)31-30(36)33-28(34)16-11-21-9-12-22(13-10-21)19(2)3/h6-20H,5H2,1-4H3,(H2,31,33,34,36)/b16-11+. The number of amides is 1. The molecule has 1 heterocycles. The summed E-state index contributed by atoms with van der Waals surface area (Å²) < 4.78 is 5.99. The van der Waals surface area contributed by atoms with E-state index in [1.807, 2.05) is 42.5 Å². The van der Waals surface area contributed by atoms with E-state index < -0.39 is 0 Å². The van der Waals surface area contributed by atoms with Gasteiger partial charge in [-0.05, 0) is 83.6 Å². The lowest BCUT2D eigenvalue weighted by Crippen LogP contribution is -2.32. The first kappa shape index (κ1) is 25.3. The highest BCUT2D eigenvalue weighted by Crippen LogP contribution is 2.29. The van der Waals surface area contributed by atoms with Crippen molar-refractivity contribution in [2.45, 2.75) is 46.0 Å². The van der Waals surface area contributed by atoms with Gasteiger partial charge in [0, 0.05) is 17.3 Å². The fourth-order valence-corrected chi connectivity index (χ4v) is 4.04. The second-order valence-corrected chi connectivity index (χ2v) is 9.64. The Morgan fingerprint density at radius 3 is 2.50 bits per heavy atom. The number of nitrogens with one attached hydrogen (secondary N) is 2. The molecule has 0 spiro atoms. The van der Waals surface area contributed by atoms with Gasteiger partial charge in [0.05, 0.1) is 0 Å². The Hall–Kier alpha value is -3.77. The second kappa shape index (κ2) is 11.3. The largest absolute Gasteiger partial charge is 0.436 e. The minimum atomic E-state index is -0.298. The maximum atomic E-state index is 12.3. The van der Waals surface area contributed by atoms with E-state index in [1.165, 1.54) is 17.2 Å². The average Bonchev–Trinajstić information content (AvgIpc) is 3.31. The summed E-state index contributed by atoms with van der Waals surface area (Å²) in [6, 6.07) is 21.9. The summed E-state index contributed by atoms with van der Waals surface area (Å²) in [5, 5.41) is 5.96. The van der Waals surface area contributed by atoms with Gasteiger partial charge in [-0.3, -0.25) is 10.1 Å². The monoisotopic (exact) mass is 497 g/mol. The first-order chi connectivity index (χ1) is 17.3. The molecule has 36 heavy (non-hydrogen) atoms. The van der Waals surface area contributed by atoms with Crippen molar-refractivity contribution in [1.82, 2.24) is 10.3 Å². The smallest absolute Gasteiger partial charge is 0.250 e. The summed E-state index contributed by atoms with van der Waals surface area (Å²) in [5.74, 6) is 1.18. The molecule has 5 nitrogen and oxygen atoms in total. The number of nitrogens with zero attached hydrogens (tertiary/aromatic N) is 1. The van der Waals surface area contributed by atoms with Crippen LogP contribution >= 0.6 is 12.2 Å². The SMILES string of the molecule is CCC(C)c1ccc2oc(-c3cccc(NC(=S)NC(=O)/C=C/c4ccc(C(C)C)cc4)c3)nc2c1. The maximum absolute atomic E-state index is 12.3. The van der Waals surface area contributed by atoms with Crippen molar-refractivity contribution in [1.29, 1.82) is 0 Å². The van der Waals surface area contributed by atoms with E-state index in [2.05, 4.69) is 62.6 Å². The van der Waals surface area contributed by atoms with Crippen LogP contribution in [0.5, 0.6) is 0 Å². The molecule has 0 fully saturated rings.